The van der Waals surface area contributed by atoms with Gasteiger partial charge in [-0.05, 0) is 43.1 Å². The van der Waals surface area contributed by atoms with Crippen LogP contribution in [0.1, 0.15) is 44.1 Å². The van der Waals surface area contributed by atoms with Crippen LogP contribution in [0.2, 0.25) is 18.1 Å². The van der Waals surface area contributed by atoms with Gasteiger partial charge in [0, 0.05) is 6.07 Å². The second-order valence-corrected chi connectivity index (χ2v) is 13.5. The lowest BCUT2D eigenvalue weighted by atomic mass is 10.2. The topological polar surface area (TPSA) is 77.2 Å². The van der Waals surface area contributed by atoms with Crippen LogP contribution >= 0.6 is 0 Å². The van der Waals surface area contributed by atoms with Crippen molar-refractivity contribution in [2.24, 2.45) is 0 Å². The highest BCUT2D eigenvalue weighted by atomic mass is 28.4. The average molecular weight is 392 g/mol. The first-order valence-electron chi connectivity index (χ1n) is 9.06. The van der Waals surface area contributed by atoms with Crippen LogP contribution in [0.4, 0.5) is 4.39 Å². The lowest BCUT2D eigenvalue weighted by molar-refractivity contribution is 0.0674. The number of carboxylic acid groups (broad SMARTS) is 1. The first kappa shape index (κ1) is 19.7. The number of aromatic carboxylic acids is 1. The zero-order valence-electron chi connectivity index (χ0n) is 16.4. The van der Waals surface area contributed by atoms with Gasteiger partial charge < -0.3 is 9.53 Å². The molecule has 1 saturated carbocycles. The van der Waals surface area contributed by atoms with Gasteiger partial charge in [-0.25, -0.2) is 9.18 Å². The Morgan fingerprint density at radius 2 is 2.00 bits per heavy atom. The van der Waals surface area contributed by atoms with Crippen molar-refractivity contribution < 1.29 is 18.7 Å². The minimum atomic E-state index is -1.98. The minimum absolute atomic E-state index is 0.0749. The van der Waals surface area contributed by atoms with Crippen molar-refractivity contribution in [1.29, 1.82) is 0 Å². The van der Waals surface area contributed by atoms with Gasteiger partial charge in [0.15, 0.2) is 8.32 Å². The molecule has 2 heterocycles. The van der Waals surface area contributed by atoms with Crippen LogP contribution in [-0.4, -0.2) is 39.8 Å². The van der Waals surface area contributed by atoms with Crippen molar-refractivity contribution in [1.82, 2.24) is 14.8 Å². The number of hydrogen-bond acceptors (Lipinski definition) is 4. The predicted molar refractivity (Wildman–Crippen MR) is 103 cm³/mol. The van der Waals surface area contributed by atoms with Crippen LogP contribution in [0.15, 0.2) is 24.4 Å². The van der Waals surface area contributed by atoms with Gasteiger partial charge in [0.1, 0.15) is 17.2 Å². The van der Waals surface area contributed by atoms with Gasteiger partial charge in [-0.15, -0.1) is 0 Å². The van der Waals surface area contributed by atoms with Crippen molar-refractivity contribution in [3.8, 4) is 11.4 Å². The van der Waals surface area contributed by atoms with Crippen molar-refractivity contribution >= 4 is 14.3 Å². The molecule has 0 spiro atoms. The van der Waals surface area contributed by atoms with Crippen LogP contribution in [0.25, 0.3) is 11.4 Å². The number of halogens is 1. The monoisotopic (exact) mass is 391 g/mol. The first-order valence-corrected chi connectivity index (χ1v) is 12.0. The summed E-state index contributed by atoms with van der Waals surface area (Å²) in [7, 11) is -1.98. The maximum absolute atomic E-state index is 13.1. The molecular weight excluding hydrogens is 365 g/mol. The molecule has 3 rings (SSSR count). The van der Waals surface area contributed by atoms with E-state index >= 15 is 0 Å². The third kappa shape index (κ3) is 4.11. The fourth-order valence-corrected chi connectivity index (χ4v) is 4.42. The Labute approximate surface area is 159 Å². The van der Waals surface area contributed by atoms with Crippen molar-refractivity contribution in [3.05, 3.63) is 35.9 Å². The molecule has 0 radical (unpaired) electrons. The normalized spacial score (nSPS) is 16.4. The molecule has 1 fully saturated rings. The Morgan fingerprint density at radius 3 is 2.48 bits per heavy atom. The van der Waals surface area contributed by atoms with Gasteiger partial charge in [0.05, 0.1) is 24.0 Å². The van der Waals surface area contributed by atoms with E-state index in [1.54, 1.807) is 0 Å². The molecule has 6 nitrogen and oxygen atoms in total. The van der Waals surface area contributed by atoms with Crippen LogP contribution < -0.4 is 0 Å². The SMILES string of the molecule is CC(C)(C)[Si](C)(C)OC1(Cn2nc(-c3ccc(F)cn3)cc2C(=O)O)CC1. The third-order valence-electron chi connectivity index (χ3n) is 5.51. The minimum Gasteiger partial charge on any atom is -0.477 e. The lowest BCUT2D eigenvalue weighted by Crippen LogP contribution is -2.46. The number of pyridine rings is 1. The number of aromatic nitrogens is 3. The summed E-state index contributed by atoms with van der Waals surface area (Å²) < 4.78 is 21.2. The highest BCUT2D eigenvalue weighted by molar-refractivity contribution is 6.74. The maximum atomic E-state index is 13.1. The average Bonchev–Trinajstić information content (AvgIpc) is 3.14. The molecule has 0 aliphatic heterocycles. The molecule has 0 aromatic carbocycles. The molecule has 1 aliphatic rings. The number of carboxylic acids is 1. The summed E-state index contributed by atoms with van der Waals surface area (Å²) in [4.78, 5) is 15.7. The summed E-state index contributed by atoms with van der Waals surface area (Å²) in [5.74, 6) is -1.50. The standard InChI is InChI=1S/C19H26FN3O3Si/c1-18(2,3)27(4,5)26-19(8-9-19)12-23-16(17(24)25)10-15(22-23)14-7-6-13(20)11-21-14/h6-7,10-11H,8-9,12H2,1-5H3,(H,24,25). The van der Waals surface area contributed by atoms with E-state index in [4.69, 9.17) is 4.43 Å². The van der Waals surface area contributed by atoms with Crippen molar-refractivity contribution in [2.75, 3.05) is 0 Å². The van der Waals surface area contributed by atoms with Gasteiger partial charge >= 0.3 is 5.97 Å². The summed E-state index contributed by atoms with van der Waals surface area (Å²) in [5, 5.41) is 14.1. The molecule has 146 valence electrons. The summed E-state index contributed by atoms with van der Waals surface area (Å²) in [6.07, 6.45) is 2.88. The van der Waals surface area contributed by atoms with E-state index in [2.05, 4.69) is 43.9 Å². The summed E-state index contributed by atoms with van der Waals surface area (Å²) in [6.45, 7) is 11.3. The van der Waals surface area contributed by atoms with Gasteiger partial charge in [0.2, 0.25) is 0 Å². The molecule has 1 N–H and O–H groups in total. The largest absolute Gasteiger partial charge is 0.477 e. The second kappa shape index (κ2) is 6.52. The molecule has 0 bridgehead atoms. The summed E-state index contributed by atoms with van der Waals surface area (Å²) in [5.41, 5.74) is 0.580. The summed E-state index contributed by atoms with van der Waals surface area (Å²) in [6, 6.07) is 4.25. The first-order chi connectivity index (χ1) is 12.4. The molecule has 0 amide bonds. The second-order valence-electron chi connectivity index (χ2n) is 8.78. The van der Waals surface area contributed by atoms with E-state index in [1.165, 1.54) is 22.9 Å². The molecule has 2 aromatic heterocycles. The molecule has 0 atom stereocenters. The molecule has 2 aromatic rings. The Morgan fingerprint density at radius 1 is 1.33 bits per heavy atom. The smallest absolute Gasteiger partial charge is 0.354 e. The zero-order valence-corrected chi connectivity index (χ0v) is 17.4. The van der Waals surface area contributed by atoms with Crippen LogP contribution in [0, 0.1) is 5.82 Å². The van der Waals surface area contributed by atoms with Gasteiger partial charge in [-0.1, -0.05) is 20.8 Å². The molecular formula is C19H26FN3O3Si. The lowest BCUT2D eigenvalue weighted by Gasteiger charge is -2.39. The van der Waals surface area contributed by atoms with Gasteiger partial charge in [0.25, 0.3) is 0 Å². The van der Waals surface area contributed by atoms with E-state index in [0.29, 0.717) is 17.9 Å². The quantitative estimate of drug-likeness (QED) is 0.741. The fraction of sp³-hybridized carbons (Fsp3) is 0.526. The summed E-state index contributed by atoms with van der Waals surface area (Å²) >= 11 is 0. The third-order valence-corrected chi connectivity index (χ3v) is 10.1. The Kier molecular flexibility index (Phi) is 4.76. The molecule has 8 heteroatoms. The highest BCUT2D eigenvalue weighted by Gasteiger charge is 2.52. The van der Waals surface area contributed by atoms with Crippen molar-refractivity contribution in [2.45, 2.75) is 63.9 Å². The Balaban J connectivity index is 1.88. The van der Waals surface area contributed by atoms with Gasteiger partial charge in [-0.2, -0.15) is 5.10 Å². The van der Waals surface area contributed by atoms with Crippen LogP contribution in [0.5, 0.6) is 0 Å². The Bertz CT molecular complexity index is 852. The van der Waals surface area contributed by atoms with E-state index in [1.807, 2.05) is 0 Å². The van der Waals surface area contributed by atoms with E-state index < -0.39 is 20.1 Å². The number of nitrogens with zero attached hydrogens (tertiary/aromatic N) is 3. The molecule has 27 heavy (non-hydrogen) atoms. The maximum Gasteiger partial charge on any atom is 0.354 e. The number of rotatable bonds is 6. The fourth-order valence-electron chi connectivity index (χ4n) is 2.76. The molecule has 0 saturated heterocycles. The number of hydrogen-bond donors (Lipinski definition) is 1. The van der Waals surface area contributed by atoms with E-state index in [9.17, 15) is 14.3 Å². The van der Waals surface area contributed by atoms with Crippen molar-refractivity contribution in [3.63, 3.8) is 0 Å². The highest BCUT2D eigenvalue weighted by Crippen LogP contribution is 2.48. The van der Waals surface area contributed by atoms with Crippen LogP contribution in [0.3, 0.4) is 0 Å². The van der Waals surface area contributed by atoms with E-state index in [0.717, 1.165) is 19.0 Å². The zero-order chi connectivity index (χ0) is 20.0. The predicted octanol–water partition coefficient (Wildman–Crippen LogP) is 4.34. The van der Waals surface area contributed by atoms with Gasteiger partial charge in [-0.3, -0.25) is 9.67 Å². The van der Waals surface area contributed by atoms with E-state index in [-0.39, 0.29) is 16.3 Å². The Hall–Kier alpha value is -2.06. The number of carbonyl (C=O) groups is 1. The molecule has 1 aliphatic carbocycles. The molecule has 0 unspecified atom stereocenters. The van der Waals surface area contributed by atoms with Crippen LogP contribution in [-0.2, 0) is 11.0 Å².